The van der Waals surface area contributed by atoms with Crippen LogP contribution in [0.2, 0.25) is 0 Å². The molecule has 6 nitrogen and oxygen atoms in total. The molecule has 1 aromatic carbocycles. The topological polar surface area (TPSA) is 81.9 Å². The summed E-state index contributed by atoms with van der Waals surface area (Å²) >= 11 is 0. The van der Waals surface area contributed by atoms with Crippen molar-refractivity contribution in [3.05, 3.63) is 23.3 Å². The number of hydrogen-bond acceptors (Lipinski definition) is 5. The van der Waals surface area contributed by atoms with Crippen molar-refractivity contribution in [2.75, 3.05) is 12.5 Å². The number of amides is 2. The molecule has 2 heterocycles. The number of carbonyl (C=O) groups excluding carboxylic acids is 2. The lowest BCUT2D eigenvalue weighted by Gasteiger charge is -2.23. The molecule has 3 rings (SSSR count). The predicted octanol–water partition coefficient (Wildman–Crippen LogP) is 1.03. The highest BCUT2D eigenvalue weighted by Crippen LogP contribution is 2.33. The normalized spacial score (nSPS) is 21.9. The fourth-order valence-electron chi connectivity index (χ4n) is 2.63. The summed E-state index contributed by atoms with van der Waals surface area (Å²) in [5.41, 5.74) is 8.02. The molecule has 0 spiro atoms. The van der Waals surface area contributed by atoms with Crippen LogP contribution in [0.25, 0.3) is 0 Å². The Morgan fingerprint density at radius 3 is 2.90 bits per heavy atom. The second-order valence-corrected chi connectivity index (χ2v) is 5.20. The maximum Gasteiger partial charge on any atom is 0.232 e. The van der Waals surface area contributed by atoms with E-state index in [-0.39, 0.29) is 37.5 Å². The Morgan fingerprint density at radius 2 is 2.20 bits per heavy atom. The minimum absolute atomic E-state index is 0.141. The van der Waals surface area contributed by atoms with Gasteiger partial charge in [0.05, 0.1) is 13.2 Å². The molecule has 1 saturated heterocycles. The summed E-state index contributed by atoms with van der Waals surface area (Å²) in [4.78, 5) is 25.1. The zero-order valence-electron chi connectivity index (χ0n) is 11.2. The Morgan fingerprint density at radius 1 is 1.40 bits per heavy atom. The van der Waals surface area contributed by atoms with E-state index >= 15 is 0 Å². The van der Waals surface area contributed by atoms with E-state index in [9.17, 15) is 9.59 Å². The molecule has 0 aliphatic carbocycles. The summed E-state index contributed by atoms with van der Waals surface area (Å²) in [5.74, 6) is 0.137. The van der Waals surface area contributed by atoms with Crippen LogP contribution in [0.4, 0.5) is 5.69 Å². The smallest absolute Gasteiger partial charge is 0.232 e. The van der Waals surface area contributed by atoms with Gasteiger partial charge in [0.2, 0.25) is 11.8 Å². The fraction of sp³-hybridized carbons (Fsp3) is 0.429. The highest BCUT2D eigenvalue weighted by atomic mass is 16.7. The fourth-order valence-corrected chi connectivity index (χ4v) is 2.63. The summed E-state index contributed by atoms with van der Waals surface area (Å²) in [6, 6.07) is 3.53. The number of anilines is 1. The Hall–Kier alpha value is -2.08. The van der Waals surface area contributed by atoms with Crippen LogP contribution in [0, 0.1) is 5.92 Å². The van der Waals surface area contributed by atoms with Gasteiger partial charge < -0.3 is 15.2 Å². The standard InChI is InChI=1S/C14H16N2O4/c1-8-2-12(17)16(14(8)18)5-9-3-11(15)4-10-6-19-7-20-13(9)10/h3-4,8H,2,5-7,15H2,1H3. The zero-order chi connectivity index (χ0) is 14.3. The third-order valence-corrected chi connectivity index (χ3v) is 3.61. The van der Waals surface area contributed by atoms with E-state index in [1.807, 2.05) is 0 Å². The van der Waals surface area contributed by atoms with Crippen LogP contribution in [0.3, 0.4) is 0 Å². The number of ether oxygens (including phenoxy) is 2. The first-order valence-corrected chi connectivity index (χ1v) is 6.52. The van der Waals surface area contributed by atoms with Gasteiger partial charge in [-0.2, -0.15) is 0 Å². The molecule has 0 aromatic heterocycles. The van der Waals surface area contributed by atoms with Gasteiger partial charge in [0.15, 0.2) is 6.79 Å². The second-order valence-electron chi connectivity index (χ2n) is 5.20. The number of benzene rings is 1. The second kappa shape index (κ2) is 4.79. The van der Waals surface area contributed by atoms with Crippen LogP contribution in [0.1, 0.15) is 24.5 Å². The molecule has 1 unspecified atom stereocenters. The summed E-state index contributed by atoms with van der Waals surface area (Å²) in [6.45, 7) is 2.56. The van der Waals surface area contributed by atoms with Gasteiger partial charge in [-0.15, -0.1) is 0 Å². The number of nitrogens with zero attached hydrogens (tertiary/aromatic N) is 1. The molecular formula is C14H16N2O4. The molecule has 1 fully saturated rings. The molecular weight excluding hydrogens is 260 g/mol. The Kier molecular flexibility index (Phi) is 3.10. The molecule has 0 saturated carbocycles. The number of carbonyl (C=O) groups is 2. The van der Waals surface area contributed by atoms with Crippen molar-refractivity contribution in [3.8, 4) is 5.75 Å². The van der Waals surface area contributed by atoms with Crippen LogP contribution in [-0.2, 0) is 27.5 Å². The van der Waals surface area contributed by atoms with Gasteiger partial charge in [-0.05, 0) is 12.1 Å². The Labute approximate surface area is 116 Å². The first-order chi connectivity index (χ1) is 9.56. The molecule has 1 aromatic rings. The largest absolute Gasteiger partial charge is 0.467 e. The first kappa shape index (κ1) is 12.9. The molecule has 20 heavy (non-hydrogen) atoms. The lowest BCUT2D eigenvalue weighted by molar-refractivity contribution is -0.139. The number of nitrogen functional groups attached to an aromatic ring is 1. The minimum atomic E-state index is -0.247. The van der Waals surface area contributed by atoms with E-state index < -0.39 is 0 Å². The van der Waals surface area contributed by atoms with Crippen LogP contribution in [0.5, 0.6) is 5.75 Å². The van der Waals surface area contributed by atoms with Crippen molar-refractivity contribution < 1.29 is 19.1 Å². The van der Waals surface area contributed by atoms with Crippen molar-refractivity contribution in [3.63, 3.8) is 0 Å². The van der Waals surface area contributed by atoms with E-state index in [0.717, 1.165) is 11.1 Å². The van der Waals surface area contributed by atoms with Crippen LogP contribution in [0.15, 0.2) is 12.1 Å². The van der Waals surface area contributed by atoms with Gasteiger partial charge in [-0.25, -0.2) is 0 Å². The van der Waals surface area contributed by atoms with Crippen molar-refractivity contribution in [2.45, 2.75) is 26.5 Å². The highest BCUT2D eigenvalue weighted by molar-refractivity contribution is 6.03. The van der Waals surface area contributed by atoms with Crippen molar-refractivity contribution >= 4 is 17.5 Å². The molecule has 106 valence electrons. The lowest BCUT2D eigenvalue weighted by Crippen LogP contribution is -2.30. The quantitative estimate of drug-likeness (QED) is 0.644. The molecule has 2 aliphatic heterocycles. The number of likely N-dealkylation sites (tertiary alicyclic amines) is 1. The van der Waals surface area contributed by atoms with Crippen molar-refractivity contribution in [2.24, 2.45) is 5.92 Å². The summed E-state index contributed by atoms with van der Waals surface area (Å²) in [6.07, 6.45) is 0.271. The van der Waals surface area contributed by atoms with E-state index in [0.29, 0.717) is 18.0 Å². The maximum absolute atomic E-state index is 12.0. The number of rotatable bonds is 2. The van der Waals surface area contributed by atoms with E-state index in [4.69, 9.17) is 15.2 Å². The van der Waals surface area contributed by atoms with Gasteiger partial charge in [-0.3, -0.25) is 14.5 Å². The number of fused-ring (bicyclic) bond motifs is 1. The monoisotopic (exact) mass is 276 g/mol. The maximum atomic E-state index is 12.0. The SMILES string of the molecule is CC1CC(=O)N(Cc2cc(N)cc3c2OCOC3)C1=O. The van der Waals surface area contributed by atoms with Crippen LogP contribution >= 0.6 is 0 Å². The summed E-state index contributed by atoms with van der Waals surface area (Å²) < 4.78 is 10.7. The van der Waals surface area contributed by atoms with Gasteiger partial charge in [0, 0.05) is 29.2 Å². The van der Waals surface area contributed by atoms with Crippen LogP contribution in [-0.4, -0.2) is 23.5 Å². The van der Waals surface area contributed by atoms with E-state index in [2.05, 4.69) is 0 Å². The highest BCUT2D eigenvalue weighted by Gasteiger charge is 2.36. The van der Waals surface area contributed by atoms with Gasteiger partial charge in [0.1, 0.15) is 5.75 Å². The van der Waals surface area contributed by atoms with Gasteiger partial charge in [-0.1, -0.05) is 6.92 Å². The molecule has 2 amide bonds. The first-order valence-electron chi connectivity index (χ1n) is 6.52. The zero-order valence-corrected chi connectivity index (χ0v) is 11.2. The van der Waals surface area contributed by atoms with Crippen LogP contribution < -0.4 is 10.5 Å². The van der Waals surface area contributed by atoms with Gasteiger partial charge >= 0.3 is 0 Å². The molecule has 6 heteroatoms. The lowest BCUT2D eigenvalue weighted by atomic mass is 10.1. The average molecular weight is 276 g/mol. The third-order valence-electron chi connectivity index (χ3n) is 3.61. The average Bonchev–Trinajstić information content (AvgIpc) is 2.65. The molecule has 2 aliphatic rings. The van der Waals surface area contributed by atoms with Crippen molar-refractivity contribution in [1.29, 1.82) is 0 Å². The summed E-state index contributed by atoms with van der Waals surface area (Å²) in [7, 11) is 0. The Bertz CT molecular complexity index is 585. The molecule has 2 N–H and O–H groups in total. The number of imide groups is 1. The minimum Gasteiger partial charge on any atom is -0.467 e. The molecule has 0 radical (unpaired) electrons. The number of hydrogen-bond donors (Lipinski definition) is 1. The third kappa shape index (κ3) is 2.12. The van der Waals surface area contributed by atoms with Gasteiger partial charge in [0.25, 0.3) is 0 Å². The number of nitrogens with two attached hydrogens (primary N) is 1. The molecule has 1 atom stereocenters. The Balaban J connectivity index is 1.93. The van der Waals surface area contributed by atoms with E-state index in [1.165, 1.54) is 4.90 Å². The predicted molar refractivity (Wildman–Crippen MR) is 70.5 cm³/mol. The summed E-state index contributed by atoms with van der Waals surface area (Å²) in [5, 5.41) is 0. The van der Waals surface area contributed by atoms with Crippen molar-refractivity contribution in [1.82, 2.24) is 4.90 Å². The molecule has 0 bridgehead atoms. The van der Waals surface area contributed by atoms with E-state index in [1.54, 1.807) is 19.1 Å².